The predicted octanol–water partition coefficient (Wildman–Crippen LogP) is 3.90. The highest BCUT2D eigenvalue weighted by atomic mass is 32.1. The van der Waals surface area contributed by atoms with E-state index in [-0.39, 0.29) is 17.7 Å². The number of oxime groups is 1. The number of thiazole rings is 1. The normalized spacial score (nSPS) is 17.2. The molecule has 0 unspecified atom stereocenters. The van der Waals surface area contributed by atoms with Gasteiger partial charge in [-0.05, 0) is 23.6 Å². The van der Waals surface area contributed by atoms with Crippen LogP contribution >= 0.6 is 11.3 Å². The maximum absolute atomic E-state index is 13.0. The molecule has 1 saturated heterocycles. The smallest absolute Gasteiger partial charge is 0.276 e. The fourth-order valence-electron chi connectivity index (χ4n) is 4.61. The first kappa shape index (κ1) is 25.2. The number of carbonyl (C=O) groups is 2. The van der Waals surface area contributed by atoms with E-state index in [0.717, 1.165) is 16.7 Å². The first-order valence-corrected chi connectivity index (χ1v) is 13.0. The summed E-state index contributed by atoms with van der Waals surface area (Å²) in [6.45, 7) is 1.82. The number of amides is 2. The van der Waals surface area contributed by atoms with E-state index in [4.69, 9.17) is 9.82 Å². The maximum Gasteiger partial charge on any atom is 0.276 e. The minimum Gasteiger partial charge on any atom is -0.398 e. The van der Waals surface area contributed by atoms with E-state index in [9.17, 15) is 9.59 Å². The van der Waals surface area contributed by atoms with Crippen LogP contribution in [0.5, 0.6) is 0 Å². The van der Waals surface area contributed by atoms with Crippen molar-refractivity contribution in [1.29, 1.82) is 0 Å². The number of anilines is 1. The van der Waals surface area contributed by atoms with E-state index >= 15 is 0 Å². The Morgan fingerprint density at radius 2 is 1.47 bits per heavy atom. The van der Waals surface area contributed by atoms with Crippen LogP contribution in [-0.2, 0) is 20.0 Å². The van der Waals surface area contributed by atoms with Crippen molar-refractivity contribution in [3.63, 3.8) is 0 Å². The Morgan fingerprint density at radius 1 is 0.947 bits per heavy atom. The van der Waals surface area contributed by atoms with Gasteiger partial charge in [-0.2, -0.15) is 0 Å². The summed E-state index contributed by atoms with van der Waals surface area (Å²) in [4.78, 5) is 34.6. The Bertz CT molecular complexity index is 1340. The molecule has 192 valence electrons. The van der Waals surface area contributed by atoms with Gasteiger partial charge in [0.2, 0.25) is 5.91 Å². The molecule has 1 aliphatic rings. The van der Waals surface area contributed by atoms with Gasteiger partial charge < -0.3 is 20.8 Å². The average molecular weight is 526 g/mol. The first-order valence-electron chi connectivity index (χ1n) is 12.2. The number of carbonyl (C=O) groups excluding carboxylic acids is 2. The van der Waals surface area contributed by atoms with Gasteiger partial charge in [-0.1, -0.05) is 96.2 Å². The zero-order chi connectivity index (χ0) is 26.5. The molecule has 4 aromatic rings. The number of benzene rings is 3. The van der Waals surface area contributed by atoms with Gasteiger partial charge in [-0.25, -0.2) is 4.98 Å². The third-order valence-electron chi connectivity index (χ3n) is 6.50. The highest BCUT2D eigenvalue weighted by Crippen LogP contribution is 2.40. The van der Waals surface area contributed by atoms with Crippen molar-refractivity contribution >= 4 is 34.0 Å². The van der Waals surface area contributed by atoms with Crippen LogP contribution in [0.25, 0.3) is 0 Å². The molecule has 3 N–H and O–H groups in total. The molecule has 1 aromatic heterocycles. The monoisotopic (exact) mass is 525 g/mol. The van der Waals surface area contributed by atoms with Crippen LogP contribution in [0.15, 0.2) is 102 Å². The topological polar surface area (TPSA) is 105 Å². The summed E-state index contributed by atoms with van der Waals surface area (Å²) >= 11 is 1.35. The molecule has 1 aliphatic heterocycles. The summed E-state index contributed by atoms with van der Waals surface area (Å²) in [7, 11) is 1.36. The van der Waals surface area contributed by atoms with E-state index in [2.05, 4.69) is 57.5 Å². The number of β-lactam (4-membered cyclic amide) rings is 1. The molecule has 0 saturated carbocycles. The molecular formula is C29H27N5O3S. The molecule has 2 atom stereocenters. The van der Waals surface area contributed by atoms with Crippen molar-refractivity contribution in [2.24, 2.45) is 5.16 Å². The number of nitrogens with one attached hydrogen (secondary N) is 3. The van der Waals surface area contributed by atoms with Gasteiger partial charge in [0.25, 0.3) is 5.91 Å². The summed E-state index contributed by atoms with van der Waals surface area (Å²) in [5.74, 6) is -0.766. The SMILES string of the molecule is CON=C(C(=O)N[C@@H]1C(=O)N[C@H]1C)c1csc(NC(c2ccccc2)(c2ccccc2)c2ccccc2)n1. The fraction of sp³-hybridized carbons (Fsp3) is 0.172. The van der Waals surface area contributed by atoms with E-state index in [0.29, 0.717) is 10.8 Å². The molecular weight excluding hydrogens is 498 g/mol. The average Bonchev–Trinajstić information content (AvgIpc) is 3.42. The third kappa shape index (κ3) is 4.76. The number of hydrogen-bond acceptors (Lipinski definition) is 7. The zero-order valence-corrected chi connectivity index (χ0v) is 21.7. The van der Waals surface area contributed by atoms with Crippen molar-refractivity contribution in [1.82, 2.24) is 15.6 Å². The molecule has 5 rings (SSSR count). The van der Waals surface area contributed by atoms with Crippen LogP contribution in [0, 0.1) is 0 Å². The molecule has 1 fully saturated rings. The van der Waals surface area contributed by atoms with Crippen LogP contribution in [-0.4, -0.2) is 41.7 Å². The summed E-state index contributed by atoms with van der Waals surface area (Å²) < 4.78 is 0. The van der Waals surface area contributed by atoms with Gasteiger partial charge in [-0.15, -0.1) is 11.3 Å². The number of nitrogens with zero attached hydrogens (tertiary/aromatic N) is 2. The highest BCUT2D eigenvalue weighted by molar-refractivity contribution is 7.14. The molecule has 0 bridgehead atoms. The second-order valence-corrected chi connectivity index (χ2v) is 9.74. The number of hydrogen-bond donors (Lipinski definition) is 3. The molecule has 2 heterocycles. The zero-order valence-electron chi connectivity index (χ0n) is 20.9. The van der Waals surface area contributed by atoms with E-state index in [1.807, 2.05) is 61.5 Å². The summed E-state index contributed by atoms with van der Waals surface area (Å²) in [6.07, 6.45) is 0. The lowest BCUT2D eigenvalue weighted by Crippen LogP contribution is -2.68. The molecule has 9 heteroatoms. The maximum atomic E-state index is 13.0. The van der Waals surface area contributed by atoms with Crippen LogP contribution < -0.4 is 16.0 Å². The minimum atomic E-state index is -0.765. The van der Waals surface area contributed by atoms with Crippen molar-refractivity contribution in [3.05, 3.63) is 119 Å². The van der Waals surface area contributed by atoms with Gasteiger partial charge in [0, 0.05) is 5.38 Å². The van der Waals surface area contributed by atoms with Crippen LogP contribution in [0.2, 0.25) is 0 Å². The van der Waals surface area contributed by atoms with Crippen molar-refractivity contribution < 1.29 is 14.4 Å². The van der Waals surface area contributed by atoms with Gasteiger partial charge >= 0.3 is 0 Å². The Hall–Kier alpha value is -4.50. The Kier molecular flexibility index (Phi) is 7.19. The molecule has 38 heavy (non-hydrogen) atoms. The number of aromatic nitrogens is 1. The largest absolute Gasteiger partial charge is 0.398 e. The lowest BCUT2D eigenvalue weighted by molar-refractivity contribution is -0.134. The van der Waals surface area contributed by atoms with Crippen molar-refractivity contribution in [2.75, 3.05) is 12.4 Å². The van der Waals surface area contributed by atoms with E-state index < -0.39 is 17.5 Å². The molecule has 0 radical (unpaired) electrons. The standard InChI is InChI=1S/C29H27N5O3S/c1-19-24(26(35)30-19)32-27(36)25(34-37-2)23-18-38-28(31-23)33-29(20-12-6-3-7-13-20,21-14-8-4-9-15-21)22-16-10-5-11-17-22/h3-19,24H,1-2H3,(H,30,35)(H,31,33)(H,32,36)/t19-,24-/m0/s1. The van der Waals surface area contributed by atoms with Crippen molar-refractivity contribution in [3.8, 4) is 0 Å². The van der Waals surface area contributed by atoms with Crippen molar-refractivity contribution in [2.45, 2.75) is 24.5 Å². The molecule has 0 aliphatic carbocycles. The molecule has 0 spiro atoms. The number of rotatable bonds is 9. The van der Waals surface area contributed by atoms with E-state index in [1.54, 1.807) is 5.38 Å². The van der Waals surface area contributed by atoms with E-state index in [1.165, 1.54) is 18.4 Å². The summed E-state index contributed by atoms with van der Waals surface area (Å²) in [5.41, 5.74) is 2.66. The molecule has 2 amide bonds. The summed E-state index contributed by atoms with van der Waals surface area (Å²) in [6, 6.07) is 29.7. The minimum absolute atomic E-state index is 0.00608. The Labute approximate surface area is 224 Å². The fourth-order valence-corrected chi connectivity index (χ4v) is 5.36. The van der Waals surface area contributed by atoms with Gasteiger partial charge in [-0.3, -0.25) is 9.59 Å². The van der Waals surface area contributed by atoms with Gasteiger partial charge in [0.15, 0.2) is 10.8 Å². The lowest BCUT2D eigenvalue weighted by Gasteiger charge is -2.36. The van der Waals surface area contributed by atoms with Gasteiger partial charge in [0.1, 0.15) is 24.4 Å². The predicted molar refractivity (Wildman–Crippen MR) is 148 cm³/mol. The molecule has 3 aromatic carbocycles. The van der Waals surface area contributed by atoms with Crippen LogP contribution in [0.3, 0.4) is 0 Å². The Morgan fingerprint density at radius 3 is 1.92 bits per heavy atom. The van der Waals surface area contributed by atoms with Crippen LogP contribution in [0.4, 0.5) is 5.13 Å². The second-order valence-electron chi connectivity index (χ2n) is 8.88. The van der Waals surface area contributed by atoms with Crippen LogP contribution in [0.1, 0.15) is 29.3 Å². The second kappa shape index (κ2) is 10.9. The summed E-state index contributed by atoms with van der Waals surface area (Å²) in [5, 5.41) is 15.4. The molecule has 8 nitrogen and oxygen atoms in total. The van der Waals surface area contributed by atoms with Gasteiger partial charge in [0.05, 0.1) is 6.04 Å². The first-order chi connectivity index (χ1) is 18.5. The third-order valence-corrected chi connectivity index (χ3v) is 7.26. The quantitative estimate of drug-likeness (QED) is 0.133. The highest BCUT2D eigenvalue weighted by Gasteiger charge is 2.39. The Balaban J connectivity index is 1.55. The lowest BCUT2D eigenvalue weighted by atomic mass is 9.77.